The van der Waals surface area contributed by atoms with Crippen LogP contribution in [0, 0.1) is 5.82 Å². The second-order valence-corrected chi connectivity index (χ2v) is 9.09. The Morgan fingerprint density at radius 3 is 1.95 bits per heavy atom. The highest BCUT2D eigenvalue weighted by atomic mass is 19.1. The van der Waals surface area contributed by atoms with Gasteiger partial charge in [-0.15, -0.1) is 0 Å². The Balaban J connectivity index is 1.90. The van der Waals surface area contributed by atoms with Crippen molar-refractivity contribution < 1.29 is 61.9 Å². The predicted molar refractivity (Wildman–Crippen MR) is 135 cm³/mol. The minimum atomic E-state index is -1.52. The molecule has 1 N–H and O–H groups in total. The van der Waals surface area contributed by atoms with Crippen LogP contribution in [0.15, 0.2) is 42.5 Å². The zero-order chi connectivity index (χ0) is 30.3. The summed E-state index contributed by atoms with van der Waals surface area (Å²) < 4.78 is 45.9. The van der Waals surface area contributed by atoms with Crippen LogP contribution < -0.4 is 4.74 Å². The summed E-state index contributed by atoms with van der Waals surface area (Å²) in [6.07, 6.45) is -7.13. The topological polar surface area (TPSA) is 161 Å². The van der Waals surface area contributed by atoms with Gasteiger partial charge in [-0.1, -0.05) is 12.1 Å². The Labute approximate surface area is 234 Å². The zero-order valence-electron chi connectivity index (χ0n) is 22.7. The first-order valence-corrected chi connectivity index (χ1v) is 12.4. The Morgan fingerprint density at radius 2 is 1.39 bits per heavy atom. The largest absolute Gasteiger partial charge is 0.507 e. The van der Waals surface area contributed by atoms with Crippen LogP contribution in [0.3, 0.4) is 0 Å². The van der Waals surface area contributed by atoms with Gasteiger partial charge in [-0.2, -0.15) is 0 Å². The lowest BCUT2D eigenvalue weighted by Crippen LogP contribution is -2.63. The number of carbonyl (C=O) groups is 5. The van der Waals surface area contributed by atoms with Gasteiger partial charge < -0.3 is 33.5 Å². The molecule has 0 amide bonds. The third-order valence-electron chi connectivity index (χ3n) is 5.75. The van der Waals surface area contributed by atoms with Crippen molar-refractivity contribution in [3.8, 4) is 11.5 Å². The van der Waals surface area contributed by atoms with Gasteiger partial charge >= 0.3 is 23.9 Å². The number of phenolic OH excluding ortho intramolecular Hbond substituents is 1. The monoisotopic (exact) mass is 576 g/mol. The average Bonchev–Trinajstić information content (AvgIpc) is 2.87. The van der Waals surface area contributed by atoms with Crippen LogP contribution in [-0.2, 0) is 49.3 Å². The SMILES string of the molecule is CC(=O)OC[C@@H]1O[C@H](Oc2ccc(C(=O)Cc3ccc(F)cc3)c(O)c2)[C@@H](OC(C)=O)[C@@H](OC(C)=O)[C@@H]1OC(C)=O. The number of phenols is 1. The molecule has 1 heterocycles. The Hall–Kier alpha value is -4.52. The van der Waals surface area contributed by atoms with Crippen LogP contribution in [-0.4, -0.2) is 72.1 Å². The smallest absolute Gasteiger partial charge is 0.303 e. The Kier molecular flexibility index (Phi) is 10.4. The number of rotatable bonds is 10. The number of carbonyl (C=O) groups excluding carboxylic acids is 5. The van der Waals surface area contributed by atoms with Crippen LogP contribution in [0.25, 0.3) is 0 Å². The molecule has 5 atom stereocenters. The molecule has 1 aliphatic heterocycles. The molecule has 12 nitrogen and oxygen atoms in total. The number of ether oxygens (including phenoxy) is 6. The molecular formula is C28H29FO12. The number of hydrogen-bond donors (Lipinski definition) is 1. The van der Waals surface area contributed by atoms with Crippen LogP contribution in [0.1, 0.15) is 43.6 Å². The van der Waals surface area contributed by atoms with Crippen molar-refractivity contribution >= 4 is 29.7 Å². The number of aromatic hydroxyl groups is 1. The van der Waals surface area contributed by atoms with E-state index in [0.717, 1.165) is 33.8 Å². The van der Waals surface area contributed by atoms with Gasteiger partial charge in [0, 0.05) is 40.2 Å². The van der Waals surface area contributed by atoms with Crippen molar-refractivity contribution in [1.82, 2.24) is 0 Å². The molecule has 0 spiro atoms. The molecule has 0 unspecified atom stereocenters. The van der Waals surface area contributed by atoms with Crippen molar-refractivity contribution in [3.63, 3.8) is 0 Å². The van der Waals surface area contributed by atoms with Gasteiger partial charge in [-0.3, -0.25) is 24.0 Å². The molecule has 1 fully saturated rings. The normalized spacial score (nSPS) is 21.7. The van der Waals surface area contributed by atoms with Gasteiger partial charge in [-0.05, 0) is 29.8 Å². The Bertz CT molecular complexity index is 1290. The molecule has 220 valence electrons. The number of esters is 4. The lowest BCUT2D eigenvalue weighted by molar-refractivity contribution is -0.288. The summed E-state index contributed by atoms with van der Waals surface area (Å²) in [4.78, 5) is 60.0. The van der Waals surface area contributed by atoms with E-state index < -0.39 is 78.5 Å². The molecule has 2 aromatic rings. The van der Waals surface area contributed by atoms with Gasteiger partial charge in [0.15, 0.2) is 18.0 Å². The second kappa shape index (κ2) is 13.7. The third kappa shape index (κ3) is 8.73. The maximum atomic E-state index is 13.2. The Morgan fingerprint density at radius 1 is 0.805 bits per heavy atom. The number of halogens is 1. The summed E-state index contributed by atoms with van der Waals surface area (Å²) in [6.45, 7) is 3.96. The van der Waals surface area contributed by atoms with E-state index >= 15 is 0 Å². The van der Waals surface area contributed by atoms with E-state index in [0.29, 0.717) is 5.56 Å². The van der Waals surface area contributed by atoms with Crippen LogP contribution in [0.5, 0.6) is 11.5 Å². The molecule has 0 radical (unpaired) electrons. The van der Waals surface area contributed by atoms with Crippen molar-refractivity contribution in [2.45, 2.75) is 64.8 Å². The second-order valence-electron chi connectivity index (χ2n) is 9.09. The van der Waals surface area contributed by atoms with Crippen LogP contribution in [0.2, 0.25) is 0 Å². The third-order valence-corrected chi connectivity index (χ3v) is 5.75. The number of ketones is 1. The highest BCUT2D eigenvalue weighted by Gasteiger charge is 2.53. The maximum absolute atomic E-state index is 13.2. The van der Waals surface area contributed by atoms with Gasteiger partial charge in [0.05, 0.1) is 5.56 Å². The summed E-state index contributed by atoms with van der Waals surface area (Å²) in [5, 5.41) is 10.6. The van der Waals surface area contributed by atoms with E-state index in [2.05, 4.69) is 0 Å². The number of Topliss-reactive ketones (excluding diaryl/α,β-unsaturated/α-hetero) is 1. The molecule has 0 aromatic heterocycles. The quantitative estimate of drug-likeness (QED) is 0.250. The molecule has 2 aromatic carbocycles. The summed E-state index contributed by atoms with van der Waals surface area (Å²) in [5.41, 5.74) is 0.497. The maximum Gasteiger partial charge on any atom is 0.303 e. The molecule has 13 heteroatoms. The van der Waals surface area contributed by atoms with E-state index in [1.165, 1.54) is 36.4 Å². The van der Waals surface area contributed by atoms with Crippen LogP contribution >= 0.6 is 0 Å². The number of benzene rings is 2. The van der Waals surface area contributed by atoms with E-state index in [-0.39, 0.29) is 17.7 Å². The molecule has 41 heavy (non-hydrogen) atoms. The first kappa shape index (κ1) is 31.0. The van der Waals surface area contributed by atoms with E-state index in [4.69, 9.17) is 28.4 Å². The average molecular weight is 577 g/mol. The summed E-state index contributed by atoms with van der Waals surface area (Å²) >= 11 is 0. The first-order chi connectivity index (χ1) is 19.3. The zero-order valence-corrected chi connectivity index (χ0v) is 22.7. The highest BCUT2D eigenvalue weighted by Crippen LogP contribution is 2.33. The fourth-order valence-corrected chi connectivity index (χ4v) is 4.12. The predicted octanol–water partition coefficient (Wildman–Crippen LogP) is 2.42. The summed E-state index contributed by atoms with van der Waals surface area (Å²) in [7, 11) is 0. The van der Waals surface area contributed by atoms with Gasteiger partial charge in [-0.25, -0.2) is 4.39 Å². The summed E-state index contributed by atoms with van der Waals surface area (Å²) in [5.74, 6) is -4.46. The lowest BCUT2D eigenvalue weighted by atomic mass is 9.98. The molecule has 0 bridgehead atoms. The van der Waals surface area contributed by atoms with Crippen molar-refractivity contribution in [3.05, 3.63) is 59.4 Å². The van der Waals surface area contributed by atoms with Crippen LogP contribution in [0.4, 0.5) is 4.39 Å². The van der Waals surface area contributed by atoms with E-state index in [1.54, 1.807) is 0 Å². The van der Waals surface area contributed by atoms with Crippen molar-refractivity contribution in [1.29, 1.82) is 0 Å². The fraction of sp³-hybridized carbons (Fsp3) is 0.393. The first-order valence-electron chi connectivity index (χ1n) is 12.4. The molecule has 3 rings (SSSR count). The fourth-order valence-electron chi connectivity index (χ4n) is 4.12. The van der Waals surface area contributed by atoms with Gasteiger partial charge in [0.2, 0.25) is 12.4 Å². The minimum Gasteiger partial charge on any atom is -0.507 e. The lowest BCUT2D eigenvalue weighted by Gasteiger charge is -2.43. The van der Waals surface area contributed by atoms with Crippen molar-refractivity contribution in [2.75, 3.05) is 6.61 Å². The van der Waals surface area contributed by atoms with Gasteiger partial charge in [0.25, 0.3) is 0 Å². The molecule has 1 aliphatic rings. The van der Waals surface area contributed by atoms with E-state index in [1.807, 2.05) is 0 Å². The van der Waals surface area contributed by atoms with E-state index in [9.17, 15) is 33.5 Å². The molecule has 0 saturated carbocycles. The number of hydrogen-bond acceptors (Lipinski definition) is 12. The van der Waals surface area contributed by atoms with Gasteiger partial charge in [0.1, 0.15) is 30.0 Å². The summed E-state index contributed by atoms with van der Waals surface area (Å²) in [6, 6.07) is 9.08. The highest BCUT2D eigenvalue weighted by molar-refractivity contribution is 6.00. The molecular weight excluding hydrogens is 547 g/mol. The molecule has 0 aliphatic carbocycles. The standard InChI is InChI=1S/C28H29FO12/c1-14(30)36-13-24-25(37-15(2)31)26(38-16(3)32)27(39-17(4)33)28(41-24)40-20-9-10-21(23(35)12-20)22(34)11-18-5-7-19(29)8-6-18/h5-10,12,24-28,35H,11,13H2,1-4H3/t24-,25+,26-,27-,28-/m0/s1. The molecule has 1 saturated heterocycles. The minimum absolute atomic E-state index is 0.0387. The van der Waals surface area contributed by atoms with Crippen molar-refractivity contribution in [2.24, 2.45) is 0 Å².